The summed E-state index contributed by atoms with van der Waals surface area (Å²) in [5.41, 5.74) is -0.580. The summed E-state index contributed by atoms with van der Waals surface area (Å²) in [6, 6.07) is 2.04. The Morgan fingerprint density at radius 2 is 2.00 bits per heavy atom. The Hall–Kier alpha value is -2.83. The molecule has 1 saturated heterocycles. The van der Waals surface area contributed by atoms with Gasteiger partial charge in [-0.3, -0.25) is 14.0 Å². The number of aromatic nitrogens is 4. The summed E-state index contributed by atoms with van der Waals surface area (Å²) in [6.07, 6.45) is 4.71. The van der Waals surface area contributed by atoms with E-state index in [1.807, 2.05) is 6.92 Å². The van der Waals surface area contributed by atoms with Crippen LogP contribution in [-0.2, 0) is 28.4 Å². The summed E-state index contributed by atoms with van der Waals surface area (Å²) < 4.78 is 57.2. The lowest BCUT2D eigenvalue weighted by Crippen LogP contribution is -2.45. The molecule has 0 radical (unpaired) electrons. The van der Waals surface area contributed by atoms with Gasteiger partial charge < -0.3 is 9.47 Å². The summed E-state index contributed by atoms with van der Waals surface area (Å²) in [5, 5.41) is 4.11. The highest BCUT2D eigenvalue weighted by Gasteiger charge is 2.42. The Morgan fingerprint density at radius 3 is 2.59 bits per heavy atom. The molecule has 3 heterocycles. The van der Waals surface area contributed by atoms with E-state index in [2.05, 4.69) is 14.8 Å². The Kier molecular flexibility index (Phi) is 5.30. The third kappa shape index (κ3) is 4.32. The lowest BCUT2D eigenvalue weighted by molar-refractivity contribution is -0.121. The fraction of sp³-hybridized carbons (Fsp3) is 0.500. The average Bonchev–Trinajstić information content (AvgIpc) is 3.30. The van der Waals surface area contributed by atoms with Crippen LogP contribution in [0.2, 0.25) is 0 Å². The molecule has 1 N–H and O–H groups in total. The highest BCUT2D eigenvalue weighted by atomic mass is 32.2. The Morgan fingerprint density at radius 1 is 1.26 bits per heavy atom. The van der Waals surface area contributed by atoms with Gasteiger partial charge in [0.15, 0.2) is 0 Å². The second kappa shape index (κ2) is 7.85. The van der Waals surface area contributed by atoms with Crippen molar-refractivity contribution in [1.29, 1.82) is 0 Å². The van der Waals surface area contributed by atoms with Gasteiger partial charge >= 0.3 is 0 Å². The van der Waals surface area contributed by atoms with E-state index in [9.17, 15) is 17.6 Å². The number of nitrogens with zero attached hydrogens (tertiary/aromatic N) is 4. The third-order valence-electron chi connectivity index (χ3n) is 6.19. The zero-order chi connectivity index (χ0) is 24.3. The van der Waals surface area contributed by atoms with Gasteiger partial charge in [-0.1, -0.05) is 6.92 Å². The maximum Gasteiger partial charge on any atom is 0.300 e. The van der Waals surface area contributed by atoms with Crippen LogP contribution in [0.15, 0.2) is 34.2 Å². The molecule has 0 spiro atoms. The maximum absolute atomic E-state index is 14.9. The van der Waals surface area contributed by atoms with E-state index in [1.54, 1.807) is 31.0 Å². The third-order valence-corrected chi connectivity index (χ3v) is 7.85. The van der Waals surface area contributed by atoms with Crippen molar-refractivity contribution in [2.24, 2.45) is 12.5 Å². The standard InChI is InChI=1S/C22H26FN5O5S/c1-21(11-32-12-21)13-33-20-25-17-7-16(23)18(34(30,31)26-22(2)4-5-22)6-15(17)19(29)28(20)10-14-8-24-27(3)9-14/h6-9,26H,4-5,10-13H2,1-3H3. The number of nitrogens with one attached hydrogen (secondary N) is 1. The van der Waals surface area contributed by atoms with Crippen LogP contribution < -0.4 is 15.0 Å². The molecule has 0 bridgehead atoms. The van der Waals surface area contributed by atoms with Gasteiger partial charge in [-0.05, 0) is 25.8 Å². The maximum atomic E-state index is 14.9. The summed E-state index contributed by atoms with van der Waals surface area (Å²) in [7, 11) is -2.40. The van der Waals surface area contributed by atoms with Crippen molar-refractivity contribution in [2.45, 2.75) is 43.7 Å². The van der Waals surface area contributed by atoms with E-state index in [-0.39, 0.29) is 35.5 Å². The molecular formula is C22H26FN5O5S. The van der Waals surface area contributed by atoms with Crippen molar-refractivity contribution in [3.8, 4) is 6.01 Å². The molecule has 2 aromatic heterocycles. The second-order valence-electron chi connectivity index (χ2n) is 9.87. The summed E-state index contributed by atoms with van der Waals surface area (Å²) in [6.45, 7) is 5.15. The van der Waals surface area contributed by atoms with Crippen molar-refractivity contribution < 1.29 is 22.3 Å². The molecule has 1 saturated carbocycles. The largest absolute Gasteiger partial charge is 0.464 e. The highest BCUT2D eigenvalue weighted by Crippen LogP contribution is 2.36. The van der Waals surface area contributed by atoms with E-state index >= 15 is 0 Å². The van der Waals surface area contributed by atoms with Crippen LogP contribution in [0.1, 0.15) is 32.3 Å². The number of sulfonamides is 1. The Labute approximate surface area is 195 Å². The minimum atomic E-state index is -4.16. The normalized spacial score (nSPS) is 18.6. The molecule has 2 fully saturated rings. The first-order valence-electron chi connectivity index (χ1n) is 10.9. The monoisotopic (exact) mass is 491 g/mol. The average molecular weight is 492 g/mol. The van der Waals surface area contributed by atoms with Gasteiger partial charge in [0.05, 0.1) is 36.9 Å². The number of benzene rings is 1. The molecule has 182 valence electrons. The summed E-state index contributed by atoms with van der Waals surface area (Å²) in [5.74, 6) is -0.980. The molecule has 3 aromatic rings. The van der Waals surface area contributed by atoms with Gasteiger partial charge in [0.1, 0.15) is 17.3 Å². The van der Waals surface area contributed by atoms with Crippen LogP contribution in [0.4, 0.5) is 4.39 Å². The first kappa shape index (κ1) is 22.9. The predicted molar refractivity (Wildman–Crippen MR) is 121 cm³/mol. The fourth-order valence-corrected chi connectivity index (χ4v) is 5.39. The Bertz CT molecular complexity index is 1440. The van der Waals surface area contributed by atoms with Crippen molar-refractivity contribution in [2.75, 3.05) is 19.8 Å². The van der Waals surface area contributed by atoms with E-state index < -0.39 is 31.8 Å². The molecule has 12 heteroatoms. The molecular weight excluding hydrogens is 465 g/mol. The molecule has 0 atom stereocenters. The lowest BCUT2D eigenvalue weighted by atomic mass is 9.90. The molecule has 1 aromatic carbocycles. The number of hydrogen-bond donors (Lipinski definition) is 1. The zero-order valence-electron chi connectivity index (χ0n) is 19.2. The van der Waals surface area contributed by atoms with Crippen molar-refractivity contribution in [3.63, 3.8) is 0 Å². The van der Waals surface area contributed by atoms with Gasteiger partial charge in [0, 0.05) is 35.8 Å². The quantitative estimate of drug-likeness (QED) is 0.508. The van der Waals surface area contributed by atoms with Crippen molar-refractivity contribution >= 4 is 20.9 Å². The van der Waals surface area contributed by atoms with Gasteiger partial charge in [0.2, 0.25) is 10.0 Å². The smallest absolute Gasteiger partial charge is 0.300 e. The molecule has 0 amide bonds. The molecule has 1 aliphatic heterocycles. The first-order valence-corrected chi connectivity index (χ1v) is 12.4. The number of hydrogen-bond acceptors (Lipinski definition) is 7. The van der Waals surface area contributed by atoms with Gasteiger partial charge in [0.25, 0.3) is 11.6 Å². The minimum absolute atomic E-state index is 0.0165. The van der Waals surface area contributed by atoms with Crippen molar-refractivity contribution in [3.05, 3.63) is 46.3 Å². The summed E-state index contributed by atoms with van der Waals surface area (Å²) >= 11 is 0. The van der Waals surface area contributed by atoms with Crippen LogP contribution in [0.5, 0.6) is 6.01 Å². The summed E-state index contributed by atoms with van der Waals surface area (Å²) in [4.78, 5) is 17.3. The number of fused-ring (bicyclic) bond motifs is 1. The molecule has 5 rings (SSSR count). The second-order valence-corrected chi connectivity index (χ2v) is 11.5. The molecule has 10 nitrogen and oxygen atoms in total. The molecule has 0 unspecified atom stereocenters. The van der Waals surface area contributed by atoms with Crippen LogP contribution in [0.3, 0.4) is 0 Å². The van der Waals surface area contributed by atoms with E-state index in [0.717, 1.165) is 17.7 Å². The van der Waals surface area contributed by atoms with E-state index in [0.29, 0.717) is 26.1 Å². The van der Waals surface area contributed by atoms with Crippen LogP contribution in [-0.4, -0.2) is 53.1 Å². The van der Waals surface area contributed by atoms with Gasteiger partial charge in [-0.15, -0.1) is 0 Å². The van der Waals surface area contributed by atoms with Crippen LogP contribution >= 0.6 is 0 Å². The fourth-order valence-electron chi connectivity index (χ4n) is 3.84. The number of aryl methyl sites for hydroxylation is 1. The SMILES string of the molecule is Cn1cc(Cn2c(OCC3(C)COC3)nc3cc(F)c(S(=O)(=O)NC4(C)CC4)cc3c2=O)cn1. The minimum Gasteiger partial charge on any atom is -0.464 e. The van der Waals surface area contributed by atoms with Crippen LogP contribution in [0, 0.1) is 11.2 Å². The van der Waals surface area contributed by atoms with Crippen LogP contribution in [0.25, 0.3) is 10.9 Å². The van der Waals surface area contributed by atoms with Gasteiger partial charge in [-0.25, -0.2) is 17.5 Å². The molecule has 1 aliphatic carbocycles. The number of rotatable bonds is 8. The zero-order valence-corrected chi connectivity index (χ0v) is 20.0. The first-order chi connectivity index (χ1) is 16.0. The Balaban J connectivity index is 1.60. The van der Waals surface area contributed by atoms with Crippen molar-refractivity contribution in [1.82, 2.24) is 24.1 Å². The number of ether oxygens (including phenoxy) is 2. The highest BCUT2D eigenvalue weighted by molar-refractivity contribution is 7.89. The van der Waals surface area contributed by atoms with E-state index in [1.165, 1.54) is 4.57 Å². The van der Waals surface area contributed by atoms with Gasteiger partial charge in [-0.2, -0.15) is 10.1 Å². The number of halogens is 1. The van der Waals surface area contributed by atoms with E-state index in [4.69, 9.17) is 9.47 Å². The predicted octanol–water partition coefficient (Wildman–Crippen LogP) is 1.56. The molecule has 34 heavy (non-hydrogen) atoms. The molecule has 2 aliphatic rings. The lowest BCUT2D eigenvalue weighted by Gasteiger charge is -2.37. The topological polar surface area (TPSA) is 117 Å².